The summed E-state index contributed by atoms with van der Waals surface area (Å²) in [6, 6.07) is 2.96. The van der Waals surface area contributed by atoms with Crippen molar-refractivity contribution >= 4 is 20.4 Å². The maximum Gasteiger partial charge on any atom is 0.411 e. The van der Waals surface area contributed by atoms with Crippen LogP contribution in [0.3, 0.4) is 0 Å². The first-order valence-corrected chi connectivity index (χ1v) is 14.4. The summed E-state index contributed by atoms with van der Waals surface area (Å²) in [6.07, 6.45) is 1.87. The molecule has 0 radical (unpaired) electrons. The van der Waals surface area contributed by atoms with Gasteiger partial charge in [-0.2, -0.15) is 0 Å². The molecule has 1 aromatic rings. The van der Waals surface area contributed by atoms with Crippen molar-refractivity contribution in [3.8, 4) is 0 Å². The summed E-state index contributed by atoms with van der Waals surface area (Å²) in [7, 11) is -2.00. The molecule has 0 N–H and O–H groups in total. The maximum atomic E-state index is 13.3. The van der Waals surface area contributed by atoms with Crippen LogP contribution in [0.4, 0.5) is 4.79 Å². The van der Waals surface area contributed by atoms with Gasteiger partial charge in [-0.05, 0) is 64.4 Å². The smallest absolute Gasteiger partial charge is 0.411 e. The number of ether oxygens (including phenoxy) is 2. The zero-order chi connectivity index (χ0) is 24.3. The molecule has 1 amide bonds. The molecule has 8 heteroatoms. The predicted octanol–water partition coefficient (Wildman–Crippen LogP) is 5.92. The molecule has 1 aliphatic rings. The van der Waals surface area contributed by atoms with Gasteiger partial charge in [0.25, 0.3) is 0 Å². The first kappa shape index (κ1) is 26.4. The Bertz CT molecular complexity index is 762. The lowest BCUT2D eigenvalue weighted by Crippen LogP contribution is -2.43. The van der Waals surface area contributed by atoms with Crippen LogP contribution in [-0.2, 0) is 18.7 Å². The number of amides is 1. The minimum Gasteiger partial charge on any atom is -0.467 e. The van der Waals surface area contributed by atoms with Crippen molar-refractivity contribution in [2.45, 2.75) is 97.1 Å². The average Bonchev–Trinajstić information content (AvgIpc) is 3.25. The molecule has 3 atom stereocenters. The van der Waals surface area contributed by atoms with Gasteiger partial charge in [-0.15, -0.1) is 0 Å². The molecule has 0 bridgehead atoms. The van der Waals surface area contributed by atoms with E-state index in [2.05, 4.69) is 33.9 Å². The minimum atomic E-state index is -2.00. The molecule has 1 fully saturated rings. The molecule has 182 valence electrons. The third-order valence-electron chi connectivity index (χ3n) is 6.33. The topological polar surface area (TPSA) is 78.2 Å². The number of hydrogen-bond donors (Lipinski definition) is 0. The number of likely N-dealkylation sites (tertiary alicyclic amines) is 1. The monoisotopic (exact) mass is 467 g/mol. The minimum absolute atomic E-state index is 0.0257. The van der Waals surface area contributed by atoms with Crippen molar-refractivity contribution in [2.24, 2.45) is 5.92 Å². The fourth-order valence-corrected chi connectivity index (χ4v) is 4.80. The van der Waals surface area contributed by atoms with Gasteiger partial charge in [-0.1, -0.05) is 20.8 Å². The van der Waals surface area contributed by atoms with Crippen molar-refractivity contribution < 1.29 is 27.9 Å². The van der Waals surface area contributed by atoms with Crippen LogP contribution in [0.15, 0.2) is 22.8 Å². The number of carbonyl (C=O) groups excluding carboxylic acids is 2. The average molecular weight is 468 g/mol. The van der Waals surface area contributed by atoms with Crippen molar-refractivity contribution in [3.05, 3.63) is 24.2 Å². The van der Waals surface area contributed by atoms with E-state index in [-0.39, 0.29) is 35.4 Å². The summed E-state index contributed by atoms with van der Waals surface area (Å²) in [5, 5.41) is 0.0704. The van der Waals surface area contributed by atoms with Crippen LogP contribution in [-0.4, -0.2) is 50.1 Å². The highest BCUT2D eigenvalue weighted by Crippen LogP contribution is 2.45. The number of nitrogens with zero attached hydrogens (tertiary/aromatic N) is 1. The molecule has 2 heterocycles. The van der Waals surface area contributed by atoms with Crippen molar-refractivity contribution in [1.82, 2.24) is 4.90 Å². The molecule has 0 aromatic carbocycles. The van der Waals surface area contributed by atoms with Crippen LogP contribution in [0.2, 0.25) is 18.1 Å². The molecule has 0 saturated carbocycles. The second-order valence-corrected chi connectivity index (χ2v) is 15.9. The molecule has 32 heavy (non-hydrogen) atoms. The Hall–Kier alpha value is -1.80. The second-order valence-electron chi connectivity index (χ2n) is 11.1. The normalized spacial score (nSPS) is 22.2. The quantitative estimate of drug-likeness (QED) is 0.366. The molecule has 1 saturated heterocycles. The van der Waals surface area contributed by atoms with Crippen molar-refractivity contribution in [2.75, 3.05) is 13.2 Å². The summed E-state index contributed by atoms with van der Waals surface area (Å²) in [4.78, 5) is 27.3. The standard InChI is InChI=1S/C24H41NO6Si/c1-10-28-20(26)15-18-14-17(16-30-32(8,9)24(5,6)7)21(19-12-11-13-29-19)25(18)22(27)31-23(2,3)4/h11-13,17-18,21H,10,14-16H2,1-9H3/t17-,18-,21+/m1/s1. The summed E-state index contributed by atoms with van der Waals surface area (Å²) >= 11 is 0. The van der Waals surface area contributed by atoms with E-state index in [0.29, 0.717) is 25.4 Å². The molecular formula is C24H41NO6Si. The van der Waals surface area contributed by atoms with E-state index in [0.717, 1.165) is 0 Å². The summed E-state index contributed by atoms with van der Waals surface area (Å²) in [5.74, 6) is 0.323. The lowest BCUT2D eigenvalue weighted by molar-refractivity contribution is -0.144. The number of hydrogen-bond acceptors (Lipinski definition) is 6. The first-order valence-electron chi connectivity index (χ1n) is 11.5. The number of rotatable bonds is 7. The van der Waals surface area contributed by atoms with E-state index in [1.807, 2.05) is 32.9 Å². The molecular weight excluding hydrogens is 426 g/mol. The van der Waals surface area contributed by atoms with Gasteiger partial charge in [0.1, 0.15) is 11.4 Å². The SMILES string of the molecule is CCOC(=O)C[C@H]1C[C@H](CO[Si](C)(C)C(C)(C)C)[C@@H](c2ccco2)N1C(=O)OC(C)(C)C. The highest BCUT2D eigenvalue weighted by atomic mass is 28.4. The Morgan fingerprint density at radius 1 is 1.19 bits per heavy atom. The molecule has 2 rings (SSSR count). The van der Waals surface area contributed by atoms with Gasteiger partial charge in [-0.3, -0.25) is 9.69 Å². The van der Waals surface area contributed by atoms with Gasteiger partial charge >= 0.3 is 12.1 Å². The first-order chi connectivity index (χ1) is 14.7. The Morgan fingerprint density at radius 2 is 1.84 bits per heavy atom. The van der Waals surface area contributed by atoms with E-state index >= 15 is 0 Å². The predicted molar refractivity (Wildman–Crippen MR) is 126 cm³/mol. The van der Waals surface area contributed by atoms with Gasteiger partial charge in [0.05, 0.1) is 25.3 Å². The maximum absolute atomic E-state index is 13.3. The molecule has 7 nitrogen and oxygen atoms in total. The van der Waals surface area contributed by atoms with Gasteiger partial charge in [0.15, 0.2) is 8.32 Å². The fourth-order valence-electron chi connectivity index (χ4n) is 3.74. The van der Waals surface area contributed by atoms with Crippen LogP contribution < -0.4 is 0 Å². The van der Waals surface area contributed by atoms with Crippen LogP contribution >= 0.6 is 0 Å². The van der Waals surface area contributed by atoms with Gasteiger partial charge in [0.2, 0.25) is 0 Å². The molecule has 0 unspecified atom stereocenters. The van der Waals surface area contributed by atoms with Crippen LogP contribution in [0, 0.1) is 5.92 Å². The molecule has 1 aromatic heterocycles. The molecule has 0 spiro atoms. The van der Waals surface area contributed by atoms with E-state index in [1.54, 1.807) is 18.1 Å². The Morgan fingerprint density at radius 3 is 2.34 bits per heavy atom. The zero-order valence-corrected chi connectivity index (χ0v) is 22.2. The molecule has 0 aliphatic carbocycles. The highest BCUT2D eigenvalue weighted by molar-refractivity contribution is 6.74. The van der Waals surface area contributed by atoms with E-state index in [1.165, 1.54) is 0 Å². The lowest BCUT2D eigenvalue weighted by atomic mass is 9.97. The van der Waals surface area contributed by atoms with E-state index in [4.69, 9.17) is 18.3 Å². The van der Waals surface area contributed by atoms with Gasteiger partial charge < -0.3 is 18.3 Å². The van der Waals surface area contributed by atoms with Crippen LogP contribution in [0.25, 0.3) is 0 Å². The Balaban J connectivity index is 2.37. The van der Waals surface area contributed by atoms with E-state index < -0.39 is 20.0 Å². The lowest BCUT2D eigenvalue weighted by Gasteiger charge is -2.37. The zero-order valence-electron chi connectivity index (χ0n) is 21.2. The number of furan rings is 1. The number of carbonyl (C=O) groups is 2. The van der Waals surface area contributed by atoms with Crippen LogP contribution in [0.5, 0.6) is 0 Å². The summed E-state index contributed by atoms with van der Waals surface area (Å²) < 4.78 is 23.2. The summed E-state index contributed by atoms with van der Waals surface area (Å²) in [5.41, 5.74) is -0.658. The van der Waals surface area contributed by atoms with Crippen molar-refractivity contribution in [3.63, 3.8) is 0 Å². The highest BCUT2D eigenvalue weighted by Gasteiger charge is 2.49. The summed E-state index contributed by atoms with van der Waals surface area (Å²) in [6.45, 7) is 19.1. The fraction of sp³-hybridized carbons (Fsp3) is 0.750. The van der Waals surface area contributed by atoms with E-state index in [9.17, 15) is 9.59 Å². The largest absolute Gasteiger partial charge is 0.467 e. The van der Waals surface area contributed by atoms with Gasteiger partial charge in [0, 0.05) is 18.6 Å². The van der Waals surface area contributed by atoms with Gasteiger partial charge in [-0.25, -0.2) is 4.79 Å². The molecule has 1 aliphatic heterocycles. The van der Waals surface area contributed by atoms with Crippen LogP contribution in [0.1, 0.15) is 73.1 Å². The third-order valence-corrected chi connectivity index (χ3v) is 10.8. The Kier molecular flexibility index (Phi) is 8.26. The Labute approximate surface area is 193 Å². The third kappa shape index (κ3) is 6.60. The second kappa shape index (κ2) is 9.99. The number of esters is 1. The van der Waals surface area contributed by atoms with Crippen molar-refractivity contribution in [1.29, 1.82) is 0 Å².